The van der Waals surface area contributed by atoms with Crippen molar-refractivity contribution >= 4 is 5.82 Å². The molecule has 3 N–H and O–H groups in total. The average molecular weight is 325 g/mol. The molecule has 2 rings (SSSR count). The third-order valence-corrected chi connectivity index (χ3v) is 4.15. The number of nitrogens with one attached hydrogen (secondary N) is 1. The summed E-state index contributed by atoms with van der Waals surface area (Å²) in [5.41, 5.74) is 0.438. The molecular formula is C16H27N3O4. The summed E-state index contributed by atoms with van der Waals surface area (Å²) in [6.07, 6.45) is 4.58. The van der Waals surface area contributed by atoms with Crippen molar-refractivity contribution in [3.05, 3.63) is 22.2 Å². The predicted octanol–water partition coefficient (Wildman–Crippen LogP) is 1.18. The first-order valence-corrected chi connectivity index (χ1v) is 8.34. The van der Waals surface area contributed by atoms with Crippen LogP contribution in [0.5, 0.6) is 0 Å². The Kier molecular flexibility index (Phi) is 6.56. The van der Waals surface area contributed by atoms with Gasteiger partial charge in [-0.2, -0.15) is 4.98 Å². The normalized spacial score (nSPS) is 24.1. The highest BCUT2D eigenvalue weighted by atomic mass is 16.5. The van der Waals surface area contributed by atoms with Crippen LogP contribution in [0, 0.1) is 6.92 Å². The van der Waals surface area contributed by atoms with Gasteiger partial charge in [0, 0.05) is 24.7 Å². The molecule has 1 aliphatic rings. The molecule has 0 radical (unpaired) electrons. The molecule has 7 heteroatoms. The first-order valence-electron chi connectivity index (χ1n) is 8.34. The number of aryl methyl sites for hydroxylation is 1. The van der Waals surface area contributed by atoms with Crippen LogP contribution >= 0.6 is 0 Å². The first kappa shape index (κ1) is 17.9. The van der Waals surface area contributed by atoms with Crippen LogP contribution in [0.2, 0.25) is 0 Å². The molecule has 0 saturated carbocycles. The summed E-state index contributed by atoms with van der Waals surface area (Å²) in [6, 6.07) is 0. The highest BCUT2D eigenvalue weighted by Gasteiger charge is 2.35. The molecule has 1 aliphatic heterocycles. The number of unbranched alkanes of at least 4 members (excludes halogenated alkanes) is 3. The quantitative estimate of drug-likeness (QED) is 0.621. The highest BCUT2D eigenvalue weighted by Crippen LogP contribution is 2.27. The Hall–Kier alpha value is -1.44. The molecule has 7 nitrogen and oxygen atoms in total. The summed E-state index contributed by atoms with van der Waals surface area (Å²) in [4.78, 5) is 16.3. The van der Waals surface area contributed by atoms with Gasteiger partial charge in [0.05, 0.1) is 12.7 Å². The van der Waals surface area contributed by atoms with Gasteiger partial charge in [-0.1, -0.05) is 26.2 Å². The number of aliphatic hydroxyl groups is 2. The third-order valence-electron chi connectivity index (χ3n) is 4.15. The van der Waals surface area contributed by atoms with Crippen LogP contribution in [0.3, 0.4) is 0 Å². The number of nitrogens with zero attached hydrogens (tertiary/aromatic N) is 2. The Morgan fingerprint density at radius 1 is 1.43 bits per heavy atom. The van der Waals surface area contributed by atoms with Crippen LogP contribution in [0.25, 0.3) is 0 Å². The minimum absolute atomic E-state index is 0.268. The van der Waals surface area contributed by atoms with Gasteiger partial charge >= 0.3 is 5.69 Å². The molecule has 23 heavy (non-hydrogen) atoms. The largest absolute Gasteiger partial charge is 0.394 e. The van der Waals surface area contributed by atoms with E-state index in [1.165, 1.54) is 17.4 Å². The van der Waals surface area contributed by atoms with Gasteiger partial charge < -0.3 is 20.3 Å². The number of hydrogen-bond acceptors (Lipinski definition) is 6. The maximum atomic E-state index is 12.2. The van der Waals surface area contributed by atoms with E-state index in [2.05, 4.69) is 17.2 Å². The monoisotopic (exact) mass is 325 g/mol. The van der Waals surface area contributed by atoms with Gasteiger partial charge in [0.25, 0.3) is 0 Å². The van der Waals surface area contributed by atoms with Crippen LogP contribution in [0.1, 0.15) is 50.8 Å². The van der Waals surface area contributed by atoms with E-state index in [-0.39, 0.29) is 13.0 Å². The second-order valence-corrected chi connectivity index (χ2v) is 6.06. The number of hydrogen-bond donors (Lipinski definition) is 3. The van der Waals surface area contributed by atoms with Crippen molar-refractivity contribution < 1.29 is 14.9 Å². The maximum absolute atomic E-state index is 12.2. The van der Waals surface area contributed by atoms with E-state index in [4.69, 9.17) is 9.84 Å². The number of ether oxygens (including phenoxy) is 1. The van der Waals surface area contributed by atoms with E-state index >= 15 is 0 Å². The molecule has 130 valence electrons. The van der Waals surface area contributed by atoms with E-state index in [1.807, 2.05) is 6.92 Å². The third kappa shape index (κ3) is 4.53. The van der Waals surface area contributed by atoms with Gasteiger partial charge in [-0.05, 0) is 13.3 Å². The number of rotatable bonds is 8. The molecule has 0 amide bonds. The summed E-state index contributed by atoms with van der Waals surface area (Å²) in [5.74, 6) is 0.597. The standard InChI is InChI=1S/C16H27N3O4/c1-3-4-5-6-7-17-15-11(2)9-19(16(22)18-15)14-8-12(21)13(10-20)23-14/h9,12-14,20-21H,3-8,10H2,1-2H3,(H,17,18,22)/t12-,13+,14+/m0/s1. The van der Waals surface area contributed by atoms with Gasteiger partial charge in [0.1, 0.15) is 18.1 Å². The van der Waals surface area contributed by atoms with Crippen LogP contribution in [0.4, 0.5) is 5.82 Å². The van der Waals surface area contributed by atoms with Gasteiger partial charge in [0.15, 0.2) is 0 Å². The van der Waals surface area contributed by atoms with Crippen molar-refractivity contribution in [2.75, 3.05) is 18.5 Å². The van der Waals surface area contributed by atoms with E-state index in [1.54, 1.807) is 6.20 Å². The molecule has 2 heterocycles. The van der Waals surface area contributed by atoms with E-state index in [0.29, 0.717) is 5.82 Å². The molecule has 1 aromatic heterocycles. The number of anilines is 1. The average Bonchev–Trinajstić information content (AvgIpc) is 2.90. The molecule has 0 spiro atoms. The summed E-state index contributed by atoms with van der Waals surface area (Å²) in [6.45, 7) is 4.58. The fourth-order valence-corrected chi connectivity index (χ4v) is 2.76. The molecule has 1 saturated heterocycles. The van der Waals surface area contributed by atoms with Crippen LogP contribution in [-0.2, 0) is 4.74 Å². The lowest BCUT2D eigenvalue weighted by atomic mass is 10.2. The Bertz CT molecular complexity index is 561. The second-order valence-electron chi connectivity index (χ2n) is 6.06. The molecule has 1 aromatic rings. The summed E-state index contributed by atoms with van der Waals surface area (Å²) < 4.78 is 6.90. The fraction of sp³-hybridized carbons (Fsp3) is 0.750. The SMILES string of the molecule is CCCCCCNc1nc(=O)n([C@H]2C[C@H](O)[C@@H](CO)O2)cc1C. The Morgan fingerprint density at radius 3 is 2.87 bits per heavy atom. The smallest absolute Gasteiger partial charge is 0.351 e. The van der Waals surface area contributed by atoms with Gasteiger partial charge in [-0.15, -0.1) is 0 Å². The van der Waals surface area contributed by atoms with Crippen molar-refractivity contribution in [2.24, 2.45) is 0 Å². The van der Waals surface area contributed by atoms with Gasteiger partial charge in [0.2, 0.25) is 0 Å². The Balaban J connectivity index is 2.01. The van der Waals surface area contributed by atoms with Crippen molar-refractivity contribution in [1.82, 2.24) is 9.55 Å². The molecule has 3 atom stereocenters. The molecule has 1 fully saturated rings. The van der Waals surface area contributed by atoms with Crippen molar-refractivity contribution in [2.45, 2.75) is 64.4 Å². The predicted molar refractivity (Wildman–Crippen MR) is 87.5 cm³/mol. The van der Waals surface area contributed by atoms with Gasteiger partial charge in [-0.3, -0.25) is 4.57 Å². The first-order chi connectivity index (χ1) is 11.1. The Morgan fingerprint density at radius 2 is 2.22 bits per heavy atom. The highest BCUT2D eigenvalue weighted by molar-refractivity contribution is 5.41. The van der Waals surface area contributed by atoms with Crippen LogP contribution < -0.4 is 11.0 Å². The topological polar surface area (TPSA) is 96.6 Å². The van der Waals surface area contributed by atoms with E-state index in [9.17, 15) is 9.90 Å². The lowest BCUT2D eigenvalue weighted by molar-refractivity contribution is -0.0459. The fourth-order valence-electron chi connectivity index (χ4n) is 2.76. The van der Waals surface area contributed by atoms with Crippen molar-refractivity contribution in [3.63, 3.8) is 0 Å². The lowest BCUT2D eigenvalue weighted by Crippen LogP contribution is -2.29. The summed E-state index contributed by atoms with van der Waals surface area (Å²) in [7, 11) is 0. The van der Waals surface area contributed by atoms with Crippen LogP contribution in [0.15, 0.2) is 11.0 Å². The zero-order chi connectivity index (χ0) is 16.8. The zero-order valence-corrected chi connectivity index (χ0v) is 13.9. The minimum Gasteiger partial charge on any atom is -0.394 e. The maximum Gasteiger partial charge on any atom is 0.351 e. The summed E-state index contributed by atoms with van der Waals surface area (Å²) in [5, 5.41) is 22.1. The van der Waals surface area contributed by atoms with E-state index in [0.717, 1.165) is 24.9 Å². The van der Waals surface area contributed by atoms with Crippen molar-refractivity contribution in [3.8, 4) is 0 Å². The van der Waals surface area contributed by atoms with Crippen LogP contribution in [-0.4, -0.2) is 45.1 Å². The molecule has 0 aromatic carbocycles. The van der Waals surface area contributed by atoms with E-state index < -0.39 is 24.1 Å². The molecule has 0 unspecified atom stereocenters. The Labute approximate surface area is 136 Å². The number of aliphatic hydroxyl groups excluding tert-OH is 2. The minimum atomic E-state index is -0.770. The van der Waals surface area contributed by atoms with Crippen molar-refractivity contribution in [1.29, 1.82) is 0 Å². The second kappa shape index (κ2) is 8.42. The van der Waals surface area contributed by atoms with Gasteiger partial charge in [-0.25, -0.2) is 4.79 Å². The molecular weight excluding hydrogens is 298 g/mol. The molecule has 0 bridgehead atoms. The molecule has 0 aliphatic carbocycles. The number of aromatic nitrogens is 2. The summed E-state index contributed by atoms with van der Waals surface area (Å²) >= 11 is 0. The zero-order valence-electron chi connectivity index (χ0n) is 13.9. The lowest BCUT2D eigenvalue weighted by Gasteiger charge is -2.16.